The molecule has 2 amide bonds. The van der Waals surface area contributed by atoms with E-state index in [1.165, 1.54) is 6.42 Å². The van der Waals surface area contributed by atoms with Crippen molar-refractivity contribution in [1.29, 1.82) is 0 Å². The van der Waals surface area contributed by atoms with Gasteiger partial charge in [0.15, 0.2) is 0 Å². The second kappa shape index (κ2) is 9.78. The van der Waals surface area contributed by atoms with Crippen LogP contribution in [0, 0.1) is 5.92 Å². The van der Waals surface area contributed by atoms with Crippen LogP contribution in [-0.2, 0) is 9.53 Å². The standard InChI is InChI=1S/C22H31N3O4/c1-4-15-7-6-12-25(13-15)14-18-19(21(26)29-5-2)20(24-22(27)23-18)16-8-10-17(28-3)11-9-16/h8-11,15,20H,4-7,12-14H2,1-3H3,(H2,23,24,27). The van der Waals surface area contributed by atoms with Gasteiger partial charge in [-0.2, -0.15) is 0 Å². The van der Waals surface area contributed by atoms with Crippen molar-refractivity contribution >= 4 is 12.0 Å². The summed E-state index contributed by atoms with van der Waals surface area (Å²) in [6.45, 7) is 6.75. The zero-order valence-corrected chi connectivity index (χ0v) is 17.5. The SMILES string of the molecule is CCOC(=O)C1=C(CN2CCCC(CC)C2)NC(=O)NC1c1ccc(OC)cc1. The number of likely N-dealkylation sites (tertiary alicyclic amines) is 1. The van der Waals surface area contributed by atoms with E-state index >= 15 is 0 Å². The highest BCUT2D eigenvalue weighted by molar-refractivity contribution is 5.95. The van der Waals surface area contributed by atoms with Crippen LogP contribution in [0.2, 0.25) is 0 Å². The summed E-state index contributed by atoms with van der Waals surface area (Å²) >= 11 is 0. The number of carbonyl (C=O) groups excluding carboxylic acids is 2. The molecule has 2 atom stereocenters. The van der Waals surface area contributed by atoms with E-state index in [0.29, 0.717) is 23.7 Å². The number of ether oxygens (including phenoxy) is 2. The third kappa shape index (κ3) is 5.09. The van der Waals surface area contributed by atoms with Crippen LogP contribution in [-0.4, -0.2) is 50.3 Å². The van der Waals surface area contributed by atoms with Gasteiger partial charge in [-0.3, -0.25) is 4.90 Å². The van der Waals surface area contributed by atoms with E-state index in [0.717, 1.165) is 37.2 Å². The second-order valence-corrected chi connectivity index (χ2v) is 7.57. The van der Waals surface area contributed by atoms with Crippen LogP contribution in [0.1, 0.15) is 44.7 Å². The molecule has 0 spiro atoms. The van der Waals surface area contributed by atoms with Crippen LogP contribution in [0.3, 0.4) is 0 Å². The molecule has 158 valence electrons. The van der Waals surface area contributed by atoms with Gasteiger partial charge in [-0.25, -0.2) is 9.59 Å². The van der Waals surface area contributed by atoms with E-state index in [4.69, 9.17) is 9.47 Å². The lowest BCUT2D eigenvalue weighted by atomic mass is 9.93. The normalized spacial score (nSPS) is 22.7. The minimum absolute atomic E-state index is 0.278. The van der Waals surface area contributed by atoms with Crippen LogP contribution in [0.25, 0.3) is 0 Å². The lowest BCUT2D eigenvalue weighted by molar-refractivity contribution is -0.139. The summed E-state index contributed by atoms with van der Waals surface area (Å²) in [6, 6.07) is 6.50. The van der Waals surface area contributed by atoms with E-state index in [1.807, 2.05) is 24.3 Å². The van der Waals surface area contributed by atoms with Crippen molar-refractivity contribution in [3.63, 3.8) is 0 Å². The topological polar surface area (TPSA) is 79.9 Å². The second-order valence-electron chi connectivity index (χ2n) is 7.57. The number of benzene rings is 1. The quantitative estimate of drug-likeness (QED) is 0.687. The summed E-state index contributed by atoms with van der Waals surface area (Å²) in [5.41, 5.74) is 1.91. The van der Waals surface area contributed by atoms with Crippen LogP contribution < -0.4 is 15.4 Å². The monoisotopic (exact) mass is 401 g/mol. The Morgan fingerprint density at radius 1 is 1.24 bits per heavy atom. The molecular formula is C22H31N3O4. The highest BCUT2D eigenvalue weighted by Crippen LogP contribution is 2.30. The Labute approximate surface area is 172 Å². The Hall–Kier alpha value is -2.54. The largest absolute Gasteiger partial charge is 0.497 e. The third-order valence-electron chi connectivity index (χ3n) is 5.66. The smallest absolute Gasteiger partial charge is 0.338 e. The molecule has 0 bridgehead atoms. The number of piperidine rings is 1. The molecule has 1 aromatic rings. The maximum absolute atomic E-state index is 12.9. The predicted octanol–water partition coefficient (Wildman–Crippen LogP) is 2.99. The fourth-order valence-corrected chi connectivity index (χ4v) is 4.09. The van der Waals surface area contributed by atoms with E-state index in [2.05, 4.69) is 22.5 Å². The molecule has 1 aromatic carbocycles. The van der Waals surface area contributed by atoms with Crippen LogP contribution in [0.5, 0.6) is 5.75 Å². The summed E-state index contributed by atoms with van der Waals surface area (Å²) in [4.78, 5) is 27.6. The highest BCUT2D eigenvalue weighted by atomic mass is 16.5. The van der Waals surface area contributed by atoms with Crippen molar-refractivity contribution in [2.24, 2.45) is 5.92 Å². The number of carbonyl (C=O) groups is 2. The molecule has 0 saturated carbocycles. The number of nitrogens with one attached hydrogen (secondary N) is 2. The lowest BCUT2D eigenvalue weighted by Gasteiger charge is -2.35. The number of amides is 2. The van der Waals surface area contributed by atoms with Crippen LogP contribution >= 0.6 is 0 Å². The molecule has 7 heteroatoms. The van der Waals surface area contributed by atoms with E-state index in [1.54, 1.807) is 14.0 Å². The van der Waals surface area contributed by atoms with Gasteiger partial charge in [-0.1, -0.05) is 25.5 Å². The Bertz CT molecular complexity index is 760. The Morgan fingerprint density at radius 2 is 2.00 bits per heavy atom. The molecule has 29 heavy (non-hydrogen) atoms. The summed E-state index contributed by atoms with van der Waals surface area (Å²) in [5, 5.41) is 5.75. The minimum atomic E-state index is -0.560. The highest BCUT2D eigenvalue weighted by Gasteiger charge is 2.34. The van der Waals surface area contributed by atoms with E-state index in [-0.39, 0.29) is 12.6 Å². The number of urea groups is 1. The first-order chi connectivity index (χ1) is 14.0. The molecule has 0 aromatic heterocycles. The first-order valence-corrected chi connectivity index (χ1v) is 10.4. The Kier molecular flexibility index (Phi) is 7.14. The molecule has 7 nitrogen and oxygen atoms in total. The average molecular weight is 402 g/mol. The Balaban J connectivity index is 1.94. The van der Waals surface area contributed by atoms with Crippen molar-refractivity contribution in [1.82, 2.24) is 15.5 Å². The molecule has 0 radical (unpaired) electrons. The fraction of sp³-hybridized carbons (Fsp3) is 0.545. The molecule has 1 fully saturated rings. The van der Waals surface area contributed by atoms with Gasteiger partial charge in [0.2, 0.25) is 0 Å². The molecule has 2 aliphatic rings. The number of rotatable bonds is 7. The van der Waals surface area contributed by atoms with Crippen molar-refractivity contribution in [3.05, 3.63) is 41.1 Å². The molecule has 1 saturated heterocycles. The number of methoxy groups -OCH3 is 1. The van der Waals surface area contributed by atoms with Crippen molar-refractivity contribution < 1.29 is 19.1 Å². The molecule has 2 unspecified atom stereocenters. The van der Waals surface area contributed by atoms with Gasteiger partial charge < -0.3 is 20.1 Å². The molecule has 2 aliphatic heterocycles. The van der Waals surface area contributed by atoms with E-state index < -0.39 is 12.0 Å². The van der Waals surface area contributed by atoms with Gasteiger partial charge in [0.05, 0.1) is 25.3 Å². The molecular weight excluding hydrogens is 370 g/mol. The van der Waals surface area contributed by atoms with Gasteiger partial charge >= 0.3 is 12.0 Å². The summed E-state index contributed by atoms with van der Waals surface area (Å²) < 4.78 is 10.6. The zero-order valence-electron chi connectivity index (χ0n) is 17.5. The van der Waals surface area contributed by atoms with Gasteiger partial charge in [0.1, 0.15) is 5.75 Å². The summed E-state index contributed by atoms with van der Waals surface area (Å²) in [5.74, 6) is 0.972. The number of hydrogen-bond acceptors (Lipinski definition) is 5. The maximum atomic E-state index is 12.9. The molecule has 0 aliphatic carbocycles. The Morgan fingerprint density at radius 3 is 2.66 bits per heavy atom. The summed E-state index contributed by atoms with van der Waals surface area (Å²) in [6.07, 6.45) is 3.51. The van der Waals surface area contributed by atoms with Gasteiger partial charge in [-0.05, 0) is 49.9 Å². The van der Waals surface area contributed by atoms with Crippen LogP contribution in [0.15, 0.2) is 35.5 Å². The maximum Gasteiger partial charge on any atom is 0.338 e. The van der Waals surface area contributed by atoms with E-state index in [9.17, 15) is 9.59 Å². The average Bonchev–Trinajstić information content (AvgIpc) is 2.73. The first-order valence-electron chi connectivity index (χ1n) is 10.4. The minimum Gasteiger partial charge on any atom is -0.497 e. The van der Waals surface area contributed by atoms with Gasteiger partial charge in [0.25, 0.3) is 0 Å². The molecule has 2 N–H and O–H groups in total. The number of esters is 1. The van der Waals surface area contributed by atoms with Crippen molar-refractivity contribution in [2.75, 3.05) is 33.4 Å². The summed E-state index contributed by atoms with van der Waals surface area (Å²) in [7, 11) is 1.60. The lowest BCUT2D eigenvalue weighted by Crippen LogP contribution is -2.49. The first kappa shape index (κ1) is 21.2. The number of hydrogen-bond donors (Lipinski definition) is 2. The third-order valence-corrected chi connectivity index (χ3v) is 5.66. The molecule has 2 heterocycles. The van der Waals surface area contributed by atoms with Crippen molar-refractivity contribution in [3.8, 4) is 5.75 Å². The van der Waals surface area contributed by atoms with Crippen LogP contribution in [0.4, 0.5) is 4.79 Å². The van der Waals surface area contributed by atoms with Crippen molar-refractivity contribution in [2.45, 2.75) is 39.2 Å². The zero-order chi connectivity index (χ0) is 20.8. The predicted molar refractivity (Wildman–Crippen MR) is 111 cm³/mol. The van der Waals surface area contributed by atoms with Gasteiger partial charge in [-0.15, -0.1) is 0 Å². The molecule has 3 rings (SSSR count). The van der Waals surface area contributed by atoms with Gasteiger partial charge in [0, 0.05) is 18.8 Å². The fourth-order valence-electron chi connectivity index (χ4n) is 4.09. The number of nitrogens with zero attached hydrogens (tertiary/aromatic N) is 1.